The highest BCUT2D eigenvalue weighted by molar-refractivity contribution is 5.22. The fourth-order valence-corrected chi connectivity index (χ4v) is 3.90. The highest BCUT2D eigenvalue weighted by Gasteiger charge is 2.12. The molecular formula is C22H36O2. The van der Waals surface area contributed by atoms with Crippen LogP contribution in [0.2, 0.25) is 0 Å². The third kappa shape index (κ3) is 7.36. The number of unbranched alkanes of at least 4 members (excludes halogenated alkanes) is 2. The van der Waals surface area contributed by atoms with Crippen LogP contribution in [0.4, 0.5) is 0 Å². The van der Waals surface area contributed by atoms with Crippen molar-refractivity contribution in [1.82, 2.24) is 0 Å². The van der Waals surface area contributed by atoms with Gasteiger partial charge >= 0.3 is 0 Å². The first-order chi connectivity index (χ1) is 11.8. The summed E-state index contributed by atoms with van der Waals surface area (Å²) >= 11 is 0. The summed E-state index contributed by atoms with van der Waals surface area (Å²) in [6.07, 6.45) is 15.9. The molecule has 1 saturated carbocycles. The molecule has 1 aliphatic carbocycles. The lowest BCUT2D eigenvalue weighted by molar-refractivity contribution is 0.144. The molecule has 1 aromatic carbocycles. The van der Waals surface area contributed by atoms with Gasteiger partial charge in [0, 0.05) is 19.1 Å². The largest absolute Gasteiger partial charge is 0.396 e. The second kappa shape index (κ2) is 11.7. The molecule has 2 nitrogen and oxygen atoms in total. The zero-order chi connectivity index (χ0) is 17.0. The molecule has 2 heteroatoms. The SMILES string of the molecule is OCC(CO)CCc1ccc(CCCCCC2CCCCC2)cc1. The van der Waals surface area contributed by atoms with Crippen molar-refractivity contribution in [3.8, 4) is 0 Å². The number of hydrogen-bond donors (Lipinski definition) is 2. The predicted molar refractivity (Wildman–Crippen MR) is 101 cm³/mol. The first-order valence-corrected chi connectivity index (χ1v) is 10.1. The van der Waals surface area contributed by atoms with Gasteiger partial charge in [-0.25, -0.2) is 0 Å². The number of rotatable bonds is 11. The maximum atomic E-state index is 9.11. The average Bonchev–Trinajstić information content (AvgIpc) is 2.64. The quantitative estimate of drug-likeness (QED) is 0.566. The second-order valence-corrected chi connectivity index (χ2v) is 7.69. The Kier molecular flexibility index (Phi) is 9.45. The molecule has 0 radical (unpaired) electrons. The third-order valence-electron chi connectivity index (χ3n) is 5.68. The summed E-state index contributed by atoms with van der Waals surface area (Å²) in [7, 11) is 0. The zero-order valence-corrected chi connectivity index (χ0v) is 15.3. The average molecular weight is 333 g/mol. The Bertz CT molecular complexity index is 416. The monoisotopic (exact) mass is 332 g/mol. The first-order valence-electron chi connectivity index (χ1n) is 10.1. The normalized spacial score (nSPS) is 16.0. The van der Waals surface area contributed by atoms with Gasteiger partial charge in [0.05, 0.1) is 0 Å². The van der Waals surface area contributed by atoms with Crippen LogP contribution in [-0.2, 0) is 12.8 Å². The summed E-state index contributed by atoms with van der Waals surface area (Å²) in [5.41, 5.74) is 2.75. The summed E-state index contributed by atoms with van der Waals surface area (Å²) in [5, 5.41) is 18.2. The van der Waals surface area contributed by atoms with Crippen molar-refractivity contribution in [1.29, 1.82) is 0 Å². The number of benzene rings is 1. The summed E-state index contributed by atoms with van der Waals surface area (Å²) in [4.78, 5) is 0. The van der Waals surface area contributed by atoms with Gasteiger partial charge in [0.1, 0.15) is 0 Å². The number of aliphatic hydroxyl groups excluding tert-OH is 2. The van der Waals surface area contributed by atoms with Gasteiger partial charge in [-0.15, -0.1) is 0 Å². The summed E-state index contributed by atoms with van der Waals surface area (Å²) in [5.74, 6) is 1.05. The van der Waals surface area contributed by atoms with Crippen LogP contribution < -0.4 is 0 Å². The first kappa shape index (κ1) is 19.5. The molecule has 0 atom stereocenters. The van der Waals surface area contributed by atoms with Crippen molar-refractivity contribution in [2.24, 2.45) is 11.8 Å². The van der Waals surface area contributed by atoms with Crippen molar-refractivity contribution in [2.45, 2.75) is 77.0 Å². The van der Waals surface area contributed by atoms with Crippen LogP contribution in [0.5, 0.6) is 0 Å². The van der Waals surface area contributed by atoms with Crippen molar-refractivity contribution in [3.05, 3.63) is 35.4 Å². The molecule has 0 unspecified atom stereocenters. The van der Waals surface area contributed by atoms with Crippen LogP contribution in [-0.4, -0.2) is 23.4 Å². The Morgan fingerprint density at radius 2 is 1.42 bits per heavy atom. The zero-order valence-electron chi connectivity index (χ0n) is 15.3. The highest BCUT2D eigenvalue weighted by atomic mass is 16.3. The molecule has 0 heterocycles. The molecule has 1 fully saturated rings. The van der Waals surface area contributed by atoms with E-state index in [-0.39, 0.29) is 19.1 Å². The van der Waals surface area contributed by atoms with Gasteiger partial charge in [-0.2, -0.15) is 0 Å². The minimum absolute atomic E-state index is 0.0221. The number of hydrogen-bond acceptors (Lipinski definition) is 2. The Morgan fingerprint density at radius 3 is 2.04 bits per heavy atom. The topological polar surface area (TPSA) is 40.5 Å². The van der Waals surface area contributed by atoms with Crippen molar-refractivity contribution in [2.75, 3.05) is 13.2 Å². The molecule has 24 heavy (non-hydrogen) atoms. The van der Waals surface area contributed by atoms with E-state index in [1.165, 1.54) is 75.3 Å². The van der Waals surface area contributed by atoms with E-state index in [4.69, 9.17) is 10.2 Å². The molecule has 0 amide bonds. The van der Waals surface area contributed by atoms with Gasteiger partial charge in [0.2, 0.25) is 0 Å². The fourth-order valence-electron chi connectivity index (χ4n) is 3.90. The van der Waals surface area contributed by atoms with E-state index in [9.17, 15) is 0 Å². The van der Waals surface area contributed by atoms with E-state index in [1.54, 1.807) is 0 Å². The summed E-state index contributed by atoms with van der Waals surface area (Å²) < 4.78 is 0. The molecule has 2 rings (SSSR count). The number of aliphatic hydroxyl groups is 2. The standard InChI is InChI=1S/C22H36O2/c23-17-22(18-24)16-15-21-13-11-20(12-14-21)10-6-2-5-9-19-7-3-1-4-8-19/h11-14,19,22-24H,1-10,15-18H2. The lowest BCUT2D eigenvalue weighted by atomic mass is 9.85. The van der Waals surface area contributed by atoms with E-state index in [2.05, 4.69) is 24.3 Å². The smallest absolute Gasteiger partial charge is 0.0481 e. The lowest BCUT2D eigenvalue weighted by Crippen LogP contribution is -2.11. The summed E-state index contributed by atoms with van der Waals surface area (Å²) in [6.45, 7) is 0.158. The second-order valence-electron chi connectivity index (χ2n) is 7.69. The molecule has 2 N–H and O–H groups in total. The van der Waals surface area contributed by atoms with Gasteiger partial charge in [-0.3, -0.25) is 0 Å². The molecule has 0 bridgehead atoms. The fraction of sp³-hybridized carbons (Fsp3) is 0.727. The van der Waals surface area contributed by atoms with Crippen molar-refractivity contribution in [3.63, 3.8) is 0 Å². The van der Waals surface area contributed by atoms with Crippen molar-refractivity contribution >= 4 is 0 Å². The van der Waals surface area contributed by atoms with Crippen LogP contribution in [0.1, 0.15) is 75.3 Å². The molecule has 1 aromatic rings. The molecule has 0 aromatic heterocycles. The molecular weight excluding hydrogens is 296 g/mol. The van der Waals surface area contributed by atoms with Gasteiger partial charge in [-0.1, -0.05) is 75.6 Å². The molecule has 136 valence electrons. The van der Waals surface area contributed by atoms with Crippen LogP contribution in [0.25, 0.3) is 0 Å². The van der Waals surface area contributed by atoms with Crippen LogP contribution in [0.15, 0.2) is 24.3 Å². The minimum atomic E-state index is 0.0221. The van der Waals surface area contributed by atoms with Gasteiger partial charge < -0.3 is 10.2 Å². The van der Waals surface area contributed by atoms with Crippen molar-refractivity contribution < 1.29 is 10.2 Å². The third-order valence-corrected chi connectivity index (χ3v) is 5.68. The molecule has 0 saturated heterocycles. The predicted octanol–water partition coefficient (Wildman–Crippen LogP) is 4.90. The van der Waals surface area contributed by atoms with Crippen LogP contribution in [0.3, 0.4) is 0 Å². The van der Waals surface area contributed by atoms with E-state index in [0.717, 1.165) is 18.8 Å². The van der Waals surface area contributed by atoms with E-state index >= 15 is 0 Å². The van der Waals surface area contributed by atoms with Gasteiger partial charge in [0.15, 0.2) is 0 Å². The molecule has 0 aliphatic heterocycles. The maximum Gasteiger partial charge on any atom is 0.0481 e. The minimum Gasteiger partial charge on any atom is -0.396 e. The Morgan fingerprint density at radius 1 is 0.792 bits per heavy atom. The Balaban J connectivity index is 1.57. The van der Waals surface area contributed by atoms with Gasteiger partial charge in [-0.05, 0) is 42.7 Å². The van der Waals surface area contributed by atoms with E-state index < -0.39 is 0 Å². The van der Waals surface area contributed by atoms with Crippen LogP contribution >= 0.6 is 0 Å². The Labute approximate surface area is 148 Å². The van der Waals surface area contributed by atoms with Crippen LogP contribution in [0, 0.1) is 11.8 Å². The Hall–Kier alpha value is -0.860. The number of aryl methyl sites for hydroxylation is 2. The van der Waals surface area contributed by atoms with E-state index in [1.807, 2.05) is 0 Å². The molecule has 0 spiro atoms. The molecule has 1 aliphatic rings. The maximum absolute atomic E-state index is 9.11. The lowest BCUT2D eigenvalue weighted by Gasteiger charge is -2.21. The van der Waals surface area contributed by atoms with Gasteiger partial charge in [0.25, 0.3) is 0 Å². The summed E-state index contributed by atoms with van der Waals surface area (Å²) in [6, 6.07) is 8.93. The highest BCUT2D eigenvalue weighted by Crippen LogP contribution is 2.28. The van der Waals surface area contributed by atoms with E-state index in [0.29, 0.717) is 0 Å².